The summed E-state index contributed by atoms with van der Waals surface area (Å²) in [6, 6.07) is 0. The molecule has 0 spiro atoms. The fourth-order valence-electron chi connectivity index (χ4n) is 2.66. The van der Waals surface area contributed by atoms with E-state index < -0.39 is 0 Å². The zero-order valence-electron chi connectivity index (χ0n) is 11.1. The Hall–Kier alpha value is -0.580. The third-order valence-corrected chi connectivity index (χ3v) is 4.27. The molecule has 0 radical (unpaired) electrons. The maximum atomic E-state index is 10.4. The molecule has 18 heavy (non-hydrogen) atoms. The summed E-state index contributed by atoms with van der Waals surface area (Å²) in [4.78, 5) is 0. The molecule has 1 unspecified atom stereocenters. The average Bonchev–Trinajstić information content (AvgIpc) is 2.67. The molecule has 2 N–H and O–H groups in total. The van der Waals surface area contributed by atoms with Gasteiger partial charge in [0.1, 0.15) is 0 Å². The molecule has 1 aliphatic heterocycles. The number of aryl methyl sites for hydroxylation is 2. The highest BCUT2D eigenvalue weighted by Crippen LogP contribution is 2.25. The van der Waals surface area contributed by atoms with Gasteiger partial charge in [-0.2, -0.15) is 5.10 Å². The first-order valence-corrected chi connectivity index (χ1v) is 7.11. The van der Waals surface area contributed by atoms with Crippen LogP contribution in [-0.4, -0.2) is 34.1 Å². The summed E-state index contributed by atoms with van der Waals surface area (Å²) in [5.41, 5.74) is 1.83. The van der Waals surface area contributed by atoms with Crippen LogP contribution in [0.2, 0.25) is 5.02 Å². The largest absolute Gasteiger partial charge is 0.392 e. The Labute approximate surface area is 113 Å². The van der Waals surface area contributed by atoms with Crippen molar-refractivity contribution in [2.45, 2.75) is 45.8 Å². The van der Waals surface area contributed by atoms with Crippen LogP contribution in [0.5, 0.6) is 0 Å². The molecular formula is C13H22ClN3O. The molecule has 5 heteroatoms. The van der Waals surface area contributed by atoms with E-state index in [1.54, 1.807) is 0 Å². The van der Waals surface area contributed by atoms with Crippen molar-refractivity contribution >= 4 is 11.6 Å². The summed E-state index contributed by atoms with van der Waals surface area (Å²) in [6.45, 7) is 6.75. The Bertz CT molecular complexity index is 399. The lowest BCUT2D eigenvalue weighted by atomic mass is 9.89. The Morgan fingerprint density at radius 2 is 2.17 bits per heavy atom. The van der Waals surface area contributed by atoms with Crippen LogP contribution in [0.3, 0.4) is 0 Å². The topological polar surface area (TPSA) is 50.1 Å². The Morgan fingerprint density at radius 1 is 1.50 bits per heavy atom. The second kappa shape index (κ2) is 6.04. The van der Waals surface area contributed by atoms with Gasteiger partial charge in [-0.1, -0.05) is 11.6 Å². The van der Waals surface area contributed by atoms with Gasteiger partial charge < -0.3 is 10.4 Å². The maximum absolute atomic E-state index is 10.4. The van der Waals surface area contributed by atoms with E-state index in [1.807, 2.05) is 18.5 Å². The van der Waals surface area contributed by atoms with E-state index in [1.165, 1.54) is 0 Å². The molecule has 0 aliphatic carbocycles. The zero-order chi connectivity index (χ0) is 13.1. The summed E-state index contributed by atoms with van der Waals surface area (Å²) in [7, 11) is 0. The fourth-order valence-corrected chi connectivity index (χ4v) is 2.87. The molecule has 102 valence electrons. The van der Waals surface area contributed by atoms with E-state index in [4.69, 9.17) is 11.6 Å². The summed E-state index contributed by atoms with van der Waals surface area (Å²) in [5, 5.41) is 18.8. The number of aliphatic hydroxyl groups is 1. The number of nitrogens with one attached hydrogen (secondary N) is 1. The molecule has 4 nitrogen and oxygen atoms in total. The van der Waals surface area contributed by atoms with Crippen molar-refractivity contribution in [2.24, 2.45) is 5.92 Å². The van der Waals surface area contributed by atoms with Crippen LogP contribution < -0.4 is 5.32 Å². The van der Waals surface area contributed by atoms with Crippen molar-refractivity contribution in [3.63, 3.8) is 0 Å². The molecule has 1 aliphatic rings. The van der Waals surface area contributed by atoms with Crippen molar-refractivity contribution < 1.29 is 5.11 Å². The first-order chi connectivity index (χ1) is 8.63. The molecular weight excluding hydrogens is 250 g/mol. The molecule has 0 amide bonds. The lowest BCUT2D eigenvalue weighted by Gasteiger charge is -2.27. The number of hydrogen-bond acceptors (Lipinski definition) is 3. The number of aromatic nitrogens is 2. The number of nitrogens with zero attached hydrogens (tertiary/aromatic N) is 2. The minimum absolute atomic E-state index is 0.314. The number of rotatable bonds is 4. The van der Waals surface area contributed by atoms with Crippen molar-refractivity contribution in [1.29, 1.82) is 0 Å². The zero-order valence-corrected chi connectivity index (χ0v) is 11.9. The molecule has 1 fully saturated rings. The van der Waals surface area contributed by atoms with E-state index in [0.29, 0.717) is 17.4 Å². The molecule has 1 aromatic heterocycles. The second-order valence-corrected chi connectivity index (χ2v) is 5.40. The smallest absolute Gasteiger partial charge is 0.0848 e. The molecule has 0 aromatic carbocycles. The summed E-state index contributed by atoms with van der Waals surface area (Å²) < 4.78 is 1.90. The highest BCUT2D eigenvalue weighted by molar-refractivity contribution is 6.31. The van der Waals surface area contributed by atoms with Gasteiger partial charge in [-0.3, -0.25) is 4.68 Å². The van der Waals surface area contributed by atoms with E-state index >= 15 is 0 Å². The minimum Gasteiger partial charge on any atom is -0.392 e. The quantitative estimate of drug-likeness (QED) is 0.878. The van der Waals surface area contributed by atoms with Crippen LogP contribution in [0, 0.1) is 12.8 Å². The molecule has 1 saturated heterocycles. The minimum atomic E-state index is -0.314. The van der Waals surface area contributed by atoms with Crippen LogP contribution in [0.4, 0.5) is 0 Å². The van der Waals surface area contributed by atoms with Gasteiger partial charge in [0.2, 0.25) is 0 Å². The number of piperidine rings is 1. The van der Waals surface area contributed by atoms with Gasteiger partial charge in [-0.05, 0) is 45.7 Å². The van der Waals surface area contributed by atoms with E-state index in [-0.39, 0.29) is 6.10 Å². The molecule has 1 aromatic rings. The van der Waals surface area contributed by atoms with E-state index in [9.17, 15) is 5.11 Å². The monoisotopic (exact) mass is 271 g/mol. The second-order valence-electron chi connectivity index (χ2n) is 5.02. The van der Waals surface area contributed by atoms with Crippen LogP contribution in [-0.2, 0) is 13.0 Å². The maximum Gasteiger partial charge on any atom is 0.0848 e. The fraction of sp³-hybridized carbons (Fsp3) is 0.769. The predicted octanol–water partition coefficient (Wildman–Crippen LogP) is 1.77. The van der Waals surface area contributed by atoms with Crippen LogP contribution in [0.25, 0.3) is 0 Å². The number of hydrogen-bond donors (Lipinski definition) is 2. The predicted molar refractivity (Wildman–Crippen MR) is 73.0 cm³/mol. The third-order valence-electron chi connectivity index (χ3n) is 3.78. The van der Waals surface area contributed by atoms with Crippen LogP contribution in [0.1, 0.15) is 31.2 Å². The molecule has 1 atom stereocenters. The number of aliphatic hydroxyl groups excluding tert-OH is 1. The Kier molecular flexibility index (Phi) is 4.65. The average molecular weight is 272 g/mol. The van der Waals surface area contributed by atoms with Gasteiger partial charge in [-0.25, -0.2) is 0 Å². The van der Waals surface area contributed by atoms with Gasteiger partial charge in [0, 0.05) is 13.0 Å². The van der Waals surface area contributed by atoms with Crippen molar-refractivity contribution in [2.75, 3.05) is 13.1 Å². The van der Waals surface area contributed by atoms with Gasteiger partial charge in [-0.15, -0.1) is 0 Å². The van der Waals surface area contributed by atoms with Gasteiger partial charge in [0.25, 0.3) is 0 Å². The standard InChI is InChI=1S/C13H22ClN3O/c1-3-17-11(13(14)9(2)16-17)8-12(18)10-4-6-15-7-5-10/h10,12,15,18H,3-8H2,1-2H3. The van der Waals surface area contributed by atoms with Crippen molar-refractivity contribution in [3.8, 4) is 0 Å². The third kappa shape index (κ3) is 2.87. The molecule has 0 bridgehead atoms. The summed E-state index contributed by atoms with van der Waals surface area (Å²) >= 11 is 6.27. The van der Waals surface area contributed by atoms with Gasteiger partial charge >= 0.3 is 0 Å². The highest BCUT2D eigenvalue weighted by atomic mass is 35.5. The van der Waals surface area contributed by atoms with Crippen LogP contribution in [0.15, 0.2) is 0 Å². The molecule has 2 rings (SSSR count). The first kappa shape index (κ1) is 13.8. The van der Waals surface area contributed by atoms with E-state index in [2.05, 4.69) is 10.4 Å². The summed E-state index contributed by atoms with van der Waals surface area (Å²) in [5.74, 6) is 0.378. The highest BCUT2D eigenvalue weighted by Gasteiger charge is 2.24. The SMILES string of the molecule is CCn1nc(C)c(Cl)c1CC(O)C1CCNCC1. The Balaban J connectivity index is 2.08. The van der Waals surface area contributed by atoms with Gasteiger partial charge in [0.05, 0.1) is 22.5 Å². The lowest BCUT2D eigenvalue weighted by molar-refractivity contribution is 0.0872. The van der Waals surface area contributed by atoms with E-state index in [0.717, 1.165) is 43.9 Å². The van der Waals surface area contributed by atoms with Crippen molar-refractivity contribution in [1.82, 2.24) is 15.1 Å². The molecule has 0 saturated carbocycles. The molecule has 2 heterocycles. The Morgan fingerprint density at radius 3 is 2.78 bits per heavy atom. The number of halogens is 1. The lowest BCUT2D eigenvalue weighted by Crippen LogP contribution is -2.35. The normalized spacial score (nSPS) is 19.1. The summed E-state index contributed by atoms with van der Waals surface area (Å²) in [6.07, 6.45) is 2.37. The van der Waals surface area contributed by atoms with Gasteiger partial charge in [0.15, 0.2) is 0 Å². The first-order valence-electron chi connectivity index (χ1n) is 6.74. The van der Waals surface area contributed by atoms with Crippen molar-refractivity contribution in [3.05, 3.63) is 16.4 Å². The van der Waals surface area contributed by atoms with Crippen LogP contribution >= 0.6 is 11.6 Å².